The number of nitro groups is 1. The van der Waals surface area contributed by atoms with Crippen LogP contribution in [0.25, 0.3) is 0 Å². The molecule has 142 valence electrons. The van der Waals surface area contributed by atoms with Gasteiger partial charge in [0.15, 0.2) is 14.1 Å². The molecule has 25 heavy (non-hydrogen) atoms. The second kappa shape index (κ2) is 9.00. The van der Waals surface area contributed by atoms with Gasteiger partial charge < -0.3 is 13.9 Å². The second-order valence-corrected chi connectivity index (χ2v) is 13.0. The first kappa shape index (κ1) is 21.9. The van der Waals surface area contributed by atoms with Crippen LogP contribution in [0.4, 0.5) is 5.69 Å². The number of halogens is 1. The molecule has 0 amide bonds. The number of hydrogen-bond acceptors (Lipinski definition) is 5. The molecule has 1 aromatic carbocycles. The minimum Gasteiger partial charge on any atom is -0.492 e. The van der Waals surface area contributed by atoms with E-state index in [4.69, 9.17) is 13.9 Å². The van der Waals surface area contributed by atoms with Crippen LogP contribution < -0.4 is 9.47 Å². The molecule has 0 saturated carbocycles. The van der Waals surface area contributed by atoms with Crippen LogP contribution in [0.15, 0.2) is 16.6 Å². The average molecular weight is 434 g/mol. The fraction of sp³-hybridized carbons (Fsp3) is 0.647. The molecule has 8 heteroatoms. The highest BCUT2D eigenvalue weighted by molar-refractivity contribution is 9.10. The number of rotatable bonds is 9. The zero-order valence-corrected chi connectivity index (χ0v) is 18.4. The molecule has 0 bridgehead atoms. The number of nitrogens with zero attached hydrogens (tertiary/aromatic N) is 1. The average Bonchev–Trinajstić information content (AvgIpc) is 2.50. The number of hydrogen-bond donors (Lipinski definition) is 0. The third-order valence-electron chi connectivity index (χ3n) is 4.50. The van der Waals surface area contributed by atoms with Crippen molar-refractivity contribution in [2.75, 3.05) is 20.3 Å². The number of ether oxygens (including phenoxy) is 2. The maximum absolute atomic E-state index is 11.1. The molecule has 0 aromatic heterocycles. The maximum atomic E-state index is 11.1. The summed E-state index contributed by atoms with van der Waals surface area (Å²) in [4.78, 5) is 10.6. The molecule has 0 fully saturated rings. The number of methoxy groups -OCH3 is 1. The molecule has 0 aliphatic rings. The van der Waals surface area contributed by atoms with Gasteiger partial charge in [-0.25, -0.2) is 0 Å². The van der Waals surface area contributed by atoms with Crippen molar-refractivity contribution in [3.63, 3.8) is 0 Å². The van der Waals surface area contributed by atoms with Gasteiger partial charge >= 0.3 is 5.69 Å². The van der Waals surface area contributed by atoms with Crippen LogP contribution in [0.5, 0.6) is 11.5 Å². The lowest BCUT2D eigenvalue weighted by Crippen LogP contribution is -2.41. The maximum Gasteiger partial charge on any atom is 0.314 e. The summed E-state index contributed by atoms with van der Waals surface area (Å²) in [6.45, 7) is 12.3. The van der Waals surface area contributed by atoms with Crippen molar-refractivity contribution < 1.29 is 18.8 Å². The van der Waals surface area contributed by atoms with E-state index in [1.54, 1.807) is 6.07 Å². The van der Waals surface area contributed by atoms with E-state index in [1.807, 2.05) is 0 Å². The molecule has 1 aromatic rings. The lowest BCUT2D eigenvalue weighted by atomic mass is 10.2. The minimum absolute atomic E-state index is 0.109. The highest BCUT2D eigenvalue weighted by Gasteiger charge is 2.36. The van der Waals surface area contributed by atoms with Crippen molar-refractivity contribution in [1.82, 2.24) is 0 Å². The predicted molar refractivity (Wildman–Crippen MR) is 105 cm³/mol. The van der Waals surface area contributed by atoms with Crippen molar-refractivity contribution in [1.29, 1.82) is 0 Å². The van der Waals surface area contributed by atoms with E-state index in [1.165, 1.54) is 13.2 Å². The highest BCUT2D eigenvalue weighted by atomic mass is 79.9. The second-order valence-electron chi connectivity index (χ2n) is 7.38. The summed E-state index contributed by atoms with van der Waals surface area (Å²) in [5.41, 5.74) is -0.109. The highest BCUT2D eigenvalue weighted by Crippen LogP contribution is 2.38. The molecule has 0 spiro atoms. The summed E-state index contributed by atoms with van der Waals surface area (Å²) in [5.74, 6) is 0.643. The van der Waals surface area contributed by atoms with Gasteiger partial charge in [0.05, 0.1) is 29.2 Å². The summed E-state index contributed by atoms with van der Waals surface area (Å²) in [7, 11) is -0.305. The lowest BCUT2D eigenvalue weighted by molar-refractivity contribution is -0.385. The van der Waals surface area contributed by atoms with Crippen molar-refractivity contribution in [2.45, 2.75) is 51.7 Å². The van der Waals surface area contributed by atoms with Gasteiger partial charge in [-0.05, 0) is 46.9 Å². The monoisotopic (exact) mass is 433 g/mol. The van der Waals surface area contributed by atoms with Gasteiger partial charge in [-0.2, -0.15) is 0 Å². The van der Waals surface area contributed by atoms with E-state index in [9.17, 15) is 10.1 Å². The number of benzene rings is 1. The van der Waals surface area contributed by atoms with E-state index in [0.717, 1.165) is 12.8 Å². The zero-order chi connectivity index (χ0) is 19.3. The van der Waals surface area contributed by atoms with Gasteiger partial charge in [-0.1, -0.05) is 20.8 Å². The van der Waals surface area contributed by atoms with E-state index in [2.05, 4.69) is 49.8 Å². The SMILES string of the molecule is COc1cc(Br)c(OCCCCO[Si](C)(C)C(C)(C)C)cc1[N+](=O)[O-]. The minimum atomic E-state index is -1.71. The molecule has 1 rings (SSSR count). The van der Waals surface area contributed by atoms with Crippen molar-refractivity contribution >= 4 is 29.9 Å². The van der Waals surface area contributed by atoms with Crippen LogP contribution in [0, 0.1) is 10.1 Å². The molecule has 0 heterocycles. The van der Waals surface area contributed by atoms with Crippen molar-refractivity contribution in [3.8, 4) is 11.5 Å². The Morgan fingerprint density at radius 3 is 2.28 bits per heavy atom. The summed E-state index contributed by atoms with van der Waals surface area (Å²) in [6.07, 6.45) is 1.71. The van der Waals surface area contributed by atoms with E-state index < -0.39 is 13.2 Å². The van der Waals surface area contributed by atoms with Gasteiger partial charge in [0.1, 0.15) is 5.75 Å². The third-order valence-corrected chi connectivity index (χ3v) is 9.65. The van der Waals surface area contributed by atoms with Gasteiger partial charge in [0.2, 0.25) is 0 Å². The van der Waals surface area contributed by atoms with E-state index >= 15 is 0 Å². The molecule has 6 nitrogen and oxygen atoms in total. The Bertz CT molecular complexity index is 601. The molecule has 0 radical (unpaired) electrons. The topological polar surface area (TPSA) is 70.8 Å². The van der Waals surface area contributed by atoms with Crippen LogP contribution in [-0.2, 0) is 4.43 Å². The van der Waals surface area contributed by atoms with Crippen LogP contribution in [0.2, 0.25) is 18.1 Å². The van der Waals surface area contributed by atoms with Gasteiger partial charge in [-0.15, -0.1) is 0 Å². The van der Waals surface area contributed by atoms with Crippen LogP contribution in [0.1, 0.15) is 33.6 Å². The molecule has 0 atom stereocenters. The number of unbranched alkanes of at least 4 members (excludes halogenated alkanes) is 1. The zero-order valence-electron chi connectivity index (χ0n) is 15.8. The van der Waals surface area contributed by atoms with E-state index in [0.29, 0.717) is 23.4 Å². The molecular formula is C17H28BrNO5Si. The van der Waals surface area contributed by atoms with E-state index in [-0.39, 0.29) is 16.5 Å². The Kier molecular flexibility index (Phi) is 7.89. The molecule has 0 aliphatic heterocycles. The molecule has 0 N–H and O–H groups in total. The first-order chi connectivity index (χ1) is 11.5. The normalized spacial score (nSPS) is 12.1. The fourth-order valence-corrected chi connectivity index (χ4v) is 3.40. The Morgan fingerprint density at radius 1 is 1.16 bits per heavy atom. The largest absolute Gasteiger partial charge is 0.492 e. The van der Waals surface area contributed by atoms with Crippen LogP contribution in [-0.4, -0.2) is 33.6 Å². The Hall–Kier alpha value is -1.12. The smallest absolute Gasteiger partial charge is 0.314 e. The Morgan fingerprint density at radius 2 is 1.76 bits per heavy atom. The Balaban J connectivity index is 2.50. The van der Waals surface area contributed by atoms with Crippen molar-refractivity contribution in [3.05, 3.63) is 26.7 Å². The summed E-state index contributed by atoms with van der Waals surface area (Å²) < 4.78 is 17.4. The van der Waals surface area contributed by atoms with Crippen molar-refractivity contribution in [2.24, 2.45) is 0 Å². The van der Waals surface area contributed by atoms with Gasteiger partial charge in [0, 0.05) is 12.7 Å². The molecular weight excluding hydrogens is 406 g/mol. The van der Waals surface area contributed by atoms with Gasteiger partial charge in [0.25, 0.3) is 0 Å². The summed E-state index contributed by atoms with van der Waals surface area (Å²) in [6, 6.07) is 2.93. The third kappa shape index (κ3) is 6.27. The lowest BCUT2D eigenvalue weighted by Gasteiger charge is -2.36. The summed E-state index contributed by atoms with van der Waals surface area (Å²) >= 11 is 3.36. The van der Waals surface area contributed by atoms with Crippen LogP contribution in [0.3, 0.4) is 0 Å². The molecule has 0 saturated heterocycles. The standard InChI is InChI=1S/C17H28BrNO5Si/c1-17(2,3)25(5,6)24-10-8-7-9-23-15-12-14(19(20)21)16(22-4)11-13(15)18/h11-12H,7-10H2,1-6H3. The summed E-state index contributed by atoms with van der Waals surface area (Å²) in [5, 5.41) is 11.3. The first-order valence-electron chi connectivity index (χ1n) is 8.28. The van der Waals surface area contributed by atoms with Crippen LogP contribution >= 0.6 is 15.9 Å². The fourth-order valence-electron chi connectivity index (χ4n) is 1.87. The van der Waals surface area contributed by atoms with Gasteiger partial charge in [-0.3, -0.25) is 10.1 Å². The quantitative estimate of drug-likeness (QED) is 0.221. The predicted octanol–water partition coefficient (Wildman–Crippen LogP) is 5.55. The Labute approximate surface area is 159 Å². The molecule has 0 unspecified atom stereocenters. The number of nitro benzene ring substituents is 1. The molecule has 0 aliphatic carbocycles. The first-order valence-corrected chi connectivity index (χ1v) is 12.0.